The number of hydrogen-bond donors (Lipinski definition) is 0. The van der Waals surface area contributed by atoms with Gasteiger partial charge in [-0.1, -0.05) is 141 Å². The summed E-state index contributed by atoms with van der Waals surface area (Å²) in [5.41, 5.74) is 5.34. The quantitative estimate of drug-likeness (QED) is 0.189. The molecule has 0 aliphatic carbocycles. The van der Waals surface area contributed by atoms with Crippen LogP contribution in [0.15, 0.2) is 97.2 Å². The van der Waals surface area contributed by atoms with E-state index in [1.165, 1.54) is 22.0 Å². The van der Waals surface area contributed by atoms with Crippen molar-refractivity contribution >= 4 is 10.9 Å². The van der Waals surface area contributed by atoms with E-state index in [9.17, 15) is 0 Å². The molecule has 0 atom stereocenters. The smallest absolute Gasteiger partial charge is 0.0480 e. The number of rotatable bonds is 3. The largest absolute Gasteiger partial charge is 0.358 e. The van der Waals surface area contributed by atoms with Gasteiger partial charge < -0.3 is 19.4 Å². The third kappa shape index (κ3) is 19.5. The van der Waals surface area contributed by atoms with E-state index >= 15 is 0 Å². The summed E-state index contributed by atoms with van der Waals surface area (Å²) < 4.78 is 2.33. The van der Waals surface area contributed by atoms with Gasteiger partial charge in [-0.15, -0.1) is 0 Å². The standard InChI is InChI=1S/C13H17N.2C11H16.2CH3.2Y/c1-13(2,3)10-14-9-8-11-6-4-5-7-12(11)14;2*1-11(2,3)9-10-7-5-4-6-8-10;;;;/h4-9H,10H2,1-3H3;2*4-8H,9H2,1-3H3;2*1H3;;/q;;;2*-1;;. The Morgan fingerprint density at radius 2 is 0.850 bits per heavy atom. The predicted octanol–water partition coefficient (Wildman–Crippen LogP) is 11.1. The molecule has 0 N–H and O–H groups in total. The van der Waals surface area contributed by atoms with Crippen LogP contribution in [0.3, 0.4) is 0 Å². The van der Waals surface area contributed by atoms with Gasteiger partial charge in [0.1, 0.15) is 0 Å². The molecule has 1 heterocycles. The van der Waals surface area contributed by atoms with Gasteiger partial charge in [-0.2, -0.15) is 0 Å². The van der Waals surface area contributed by atoms with Crippen molar-refractivity contribution in [3.63, 3.8) is 0 Å². The van der Waals surface area contributed by atoms with Gasteiger partial charge in [0.25, 0.3) is 0 Å². The Balaban J connectivity index is -0.000000494. The summed E-state index contributed by atoms with van der Waals surface area (Å²) in [4.78, 5) is 0. The maximum atomic E-state index is 2.33. The normalized spacial score (nSPS) is 10.6. The topological polar surface area (TPSA) is 4.93 Å². The minimum absolute atomic E-state index is 0. The molecular weight excluding hydrogens is 636 g/mol. The summed E-state index contributed by atoms with van der Waals surface area (Å²) in [7, 11) is 0. The molecule has 0 fully saturated rings. The molecule has 0 unspecified atom stereocenters. The Hall–Kier alpha value is -0.592. The Labute approximate surface area is 299 Å². The van der Waals surface area contributed by atoms with Crippen LogP contribution in [0.1, 0.15) is 73.4 Å². The van der Waals surface area contributed by atoms with Crippen molar-refractivity contribution in [2.24, 2.45) is 16.2 Å². The molecule has 2 radical (unpaired) electrons. The molecule has 0 saturated heterocycles. The van der Waals surface area contributed by atoms with E-state index in [0.29, 0.717) is 16.2 Å². The molecule has 0 aliphatic rings. The number of fused-ring (bicyclic) bond motifs is 1. The second-order valence-electron chi connectivity index (χ2n) is 13.5. The van der Waals surface area contributed by atoms with Gasteiger partial charge in [-0.3, -0.25) is 0 Å². The number of nitrogens with zero attached hydrogens (tertiary/aromatic N) is 1. The molecule has 0 saturated carbocycles. The van der Waals surface area contributed by atoms with Gasteiger partial charge >= 0.3 is 0 Å². The first-order valence-electron chi connectivity index (χ1n) is 13.3. The fourth-order valence-corrected chi connectivity index (χ4v) is 4.21. The number of benzene rings is 3. The maximum absolute atomic E-state index is 2.33. The van der Waals surface area contributed by atoms with Crippen molar-refractivity contribution in [3.8, 4) is 0 Å². The second-order valence-corrected chi connectivity index (χ2v) is 13.5. The SMILES string of the molecule is CC(C)(C)Cc1ccccc1.CC(C)(C)Cc1ccccc1.CC(C)(C)Cn1ccc2ccccc21.[CH3-].[CH3-].[Y].[Y]. The summed E-state index contributed by atoms with van der Waals surface area (Å²) in [5, 5.41) is 1.33. The van der Waals surface area contributed by atoms with Crippen LogP contribution in [0.4, 0.5) is 0 Å². The van der Waals surface area contributed by atoms with Crippen LogP contribution >= 0.6 is 0 Å². The van der Waals surface area contributed by atoms with Crippen LogP contribution in [0.5, 0.6) is 0 Å². The Morgan fingerprint density at radius 3 is 1.23 bits per heavy atom. The Kier molecular flexibility index (Phi) is 22.3. The van der Waals surface area contributed by atoms with E-state index in [-0.39, 0.29) is 80.3 Å². The summed E-state index contributed by atoms with van der Waals surface area (Å²) in [6.45, 7) is 21.5. The summed E-state index contributed by atoms with van der Waals surface area (Å²) in [5.74, 6) is 0. The molecular formula is C37H55NY2-2. The summed E-state index contributed by atoms with van der Waals surface area (Å²) >= 11 is 0. The van der Waals surface area contributed by atoms with Gasteiger partial charge in [0.2, 0.25) is 0 Å². The van der Waals surface area contributed by atoms with Gasteiger partial charge in [0.05, 0.1) is 0 Å². The first-order valence-corrected chi connectivity index (χ1v) is 13.3. The molecule has 3 heteroatoms. The number of para-hydroxylation sites is 1. The van der Waals surface area contributed by atoms with E-state index in [4.69, 9.17) is 0 Å². The monoisotopic (exact) mass is 691 g/mol. The molecule has 0 spiro atoms. The molecule has 4 aromatic rings. The fourth-order valence-electron chi connectivity index (χ4n) is 4.21. The van der Waals surface area contributed by atoms with E-state index < -0.39 is 0 Å². The predicted molar refractivity (Wildman–Crippen MR) is 173 cm³/mol. The first-order chi connectivity index (χ1) is 16.7. The van der Waals surface area contributed by atoms with E-state index in [1.54, 1.807) is 0 Å². The van der Waals surface area contributed by atoms with Crippen LogP contribution in [0.25, 0.3) is 10.9 Å². The summed E-state index contributed by atoms with van der Waals surface area (Å²) in [6, 6.07) is 32.0. The molecule has 216 valence electrons. The zero-order valence-electron chi connectivity index (χ0n) is 27.5. The van der Waals surface area contributed by atoms with E-state index in [2.05, 4.69) is 164 Å². The molecule has 0 amide bonds. The number of aromatic nitrogens is 1. The first kappa shape index (κ1) is 43.9. The zero-order valence-corrected chi connectivity index (χ0v) is 33.1. The Bertz CT molecular complexity index is 1090. The third-order valence-corrected chi connectivity index (χ3v) is 5.48. The van der Waals surface area contributed by atoms with Crippen molar-refractivity contribution in [1.82, 2.24) is 4.57 Å². The average molecular weight is 692 g/mol. The average Bonchev–Trinajstić information content (AvgIpc) is 3.15. The molecule has 0 aliphatic heterocycles. The van der Waals surface area contributed by atoms with Crippen LogP contribution in [0, 0.1) is 31.1 Å². The van der Waals surface area contributed by atoms with Crippen molar-refractivity contribution in [3.05, 3.63) is 123 Å². The number of hydrogen-bond acceptors (Lipinski definition) is 0. The molecule has 4 rings (SSSR count). The van der Waals surface area contributed by atoms with Gasteiger partial charge in [0.15, 0.2) is 0 Å². The minimum atomic E-state index is 0. The van der Waals surface area contributed by atoms with Crippen molar-refractivity contribution < 1.29 is 65.4 Å². The van der Waals surface area contributed by atoms with Crippen molar-refractivity contribution in [2.45, 2.75) is 81.7 Å². The molecule has 40 heavy (non-hydrogen) atoms. The zero-order chi connectivity index (χ0) is 26.8. The van der Waals surface area contributed by atoms with Crippen molar-refractivity contribution in [2.75, 3.05) is 0 Å². The van der Waals surface area contributed by atoms with Gasteiger partial charge in [0, 0.05) is 83.7 Å². The van der Waals surface area contributed by atoms with Gasteiger partial charge in [-0.25, -0.2) is 0 Å². The van der Waals surface area contributed by atoms with Crippen molar-refractivity contribution in [1.29, 1.82) is 0 Å². The van der Waals surface area contributed by atoms with Crippen LogP contribution in [0.2, 0.25) is 0 Å². The molecule has 3 aromatic carbocycles. The van der Waals surface area contributed by atoms with Gasteiger partial charge in [-0.05, 0) is 57.7 Å². The second kappa shape index (κ2) is 20.3. The van der Waals surface area contributed by atoms with E-state index in [0.717, 1.165) is 19.4 Å². The van der Waals surface area contributed by atoms with Crippen LogP contribution in [-0.4, -0.2) is 4.57 Å². The van der Waals surface area contributed by atoms with Crippen LogP contribution in [-0.2, 0) is 84.8 Å². The Morgan fingerprint density at radius 1 is 0.475 bits per heavy atom. The van der Waals surface area contributed by atoms with E-state index in [1.807, 2.05) is 0 Å². The molecule has 1 nitrogen and oxygen atoms in total. The fraction of sp³-hybridized carbons (Fsp3) is 0.405. The summed E-state index contributed by atoms with van der Waals surface area (Å²) in [6.07, 6.45) is 4.50. The molecule has 1 aromatic heterocycles. The maximum Gasteiger partial charge on any atom is 0.0480 e. The molecule has 0 bridgehead atoms. The third-order valence-electron chi connectivity index (χ3n) is 5.48. The van der Waals surface area contributed by atoms with Crippen LogP contribution < -0.4 is 0 Å². The minimum Gasteiger partial charge on any atom is -0.358 e.